The molecule has 0 saturated carbocycles. The number of fused-ring (bicyclic) bond motifs is 1. The Hall–Kier alpha value is -2.28. The van der Waals surface area contributed by atoms with Crippen molar-refractivity contribution < 1.29 is 9.53 Å². The van der Waals surface area contributed by atoms with E-state index in [1.54, 1.807) is 11.8 Å². The second-order valence-corrected chi connectivity index (χ2v) is 8.51. The molecule has 1 N–H and O–H groups in total. The van der Waals surface area contributed by atoms with Gasteiger partial charge < -0.3 is 10.1 Å². The number of benzene rings is 1. The van der Waals surface area contributed by atoms with Gasteiger partial charge in [0.15, 0.2) is 5.78 Å². The van der Waals surface area contributed by atoms with Crippen LogP contribution < -0.4 is 10.1 Å². The van der Waals surface area contributed by atoms with Crippen LogP contribution in [0, 0.1) is 0 Å². The van der Waals surface area contributed by atoms with Crippen molar-refractivity contribution in [2.24, 2.45) is 0 Å². The average molecular weight is 413 g/mol. The van der Waals surface area contributed by atoms with Crippen LogP contribution in [0.1, 0.15) is 64.0 Å². The maximum Gasteiger partial charge on any atom is 0.227 e. The number of ether oxygens (including phenoxy) is 1. The predicted octanol–water partition coefficient (Wildman–Crippen LogP) is 4.98. The molecule has 0 amide bonds. The number of rotatable bonds is 8. The van der Waals surface area contributed by atoms with Crippen molar-refractivity contribution in [3.05, 3.63) is 41.1 Å². The van der Waals surface area contributed by atoms with Crippen LogP contribution in [-0.2, 0) is 4.79 Å². The van der Waals surface area contributed by atoms with Crippen LogP contribution in [0.4, 0.5) is 5.95 Å². The van der Waals surface area contributed by atoms with Crippen molar-refractivity contribution in [2.75, 3.05) is 17.7 Å². The Kier molecular flexibility index (Phi) is 6.23. The summed E-state index contributed by atoms with van der Waals surface area (Å²) in [4.78, 5) is 17.7. The van der Waals surface area contributed by atoms with Gasteiger partial charge in [-0.2, -0.15) is 4.98 Å². The molecule has 6 nitrogen and oxygen atoms in total. The molecule has 0 radical (unpaired) electrons. The lowest BCUT2D eigenvalue weighted by Gasteiger charge is -2.32. The van der Waals surface area contributed by atoms with Gasteiger partial charge in [-0.05, 0) is 31.7 Å². The third-order valence-electron chi connectivity index (χ3n) is 5.25. The fraction of sp³-hybridized carbons (Fsp3) is 0.500. The second-order valence-electron chi connectivity index (χ2n) is 7.45. The van der Waals surface area contributed by atoms with E-state index in [4.69, 9.17) is 14.8 Å². The van der Waals surface area contributed by atoms with E-state index in [0.717, 1.165) is 65.6 Å². The lowest BCUT2D eigenvalue weighted by atomic mass is 9.85. The van der Waals surface area contributed by atoms with Crippen LogP contribution in [0.3, 0.4) is 0 Å². The zero-order valence-corrected chi connectivity index (χ0v) is 17.9. The Morgan fingerprint density at radius 3 is 2.93 bits per heavy atom. The second kappa shape index (κ2) is 9.03. The van der Waals surface area contributed by atoms with E-state index in [1.807, 2.05) is 28.9 Å². The van der Waals surface area contributed by atoms with Gasteiger partial charge >= 0.3 is 0 Å². The number of carbonyl (C=O) groups excluding carboxylic acids is 1. The predicted molar refractivity (Wildman–Crippen MR) is 116 cm³/mol. The number of aromatic nitrogens is 3. The number of nitrogens with zero attached hydrogens (tertiary/aromatic N) is 3. The quantitative estimate of drug-likeness (QED) is 0.487. The first-order valence-electron chi connectivity index (χ1n) is 10.6. The molecule has 7 heteroatoms. The fourth-order valence-electron chi connectivity index (χ4n) is 3.84. The zero-order chi connectivity index (χ0) is 20.2. The highest BCUT2D eigenvalue weighted by Gasteiger charge is 2.38. The van der Waals surface area contributed by atoms with E-state index in [0.29, 0.717) is 19.0 Å². The van der Waals surface area contributed by atoms with E-state index in [-0.39, 0.29) is 11.8 Å². The molecule has 2 heterocycles. The van der Waals surface area contributed by atoms with Crippen LogP contribution in [0.2, 0.25) is 0 Å². The summed E-state index contributed by atoms with van der Waals surface area (Å²) in [6.45, 7) is 4.96. The molecule has 2 aromatic rings. The molecule has 1 aliphatic carbocycles. The molecule has 4 rings (SSSR count). The molecular weight excluding hydrogens is 384 g/mol. The molecule has 1 aromatic heterocycles. The summed E-state index contributed by atoms with van der Waals surface area (Å²) >= 11 is 1.65. The lowest BCUT2D eigenvalue weighted by Crippen LogP contribution is -2.31. The van der Waals surface area contributed by atoms with Gasteiger partial charge in [-0.1, -0.05) is 50.2 Å². The maximum atomic E-state index is 13.0. The minimum atomic E-state index is -0.296. The van der Waals surface area contributed by atoms with Gasteiger partial charge in [-0.25, -0.2) is 4.68 Å². The molecule has 0 bridgehead atoms. The molecule has 154 valence electrons. The molecule has 1 aromatic carbocycles. The first-order chi connectivity index (χ1) is 14.2. The topological polar surface area (TPSA) is 69.0 Å². The summed E-state index contributed by atoms with van der Waals surface area (Å²) in [7, 11) is 0. The summed E-state index contributed by atoms with van der Waals surface area (Å²) in [5.74, 6) is 2.69. The largest absolute Gasteiger partial charge is 0.493 e. The number of allylic oxidation sites excluding steroid dienone is 2. The maximum absolute atomic E-state index is 13.0. The summed E-state index contributed by atoms with van der Waals surface area (Å²) in [6.07, 6.45) is 5.46. The number of hydrogen-bond acceptors (Lipinski definition) is 6. The number of hydrogen-bond donors (Lipinski definition) is 1. The smallest absolute Gasteiger partial charge is 0.227 e. The number of carbonyl (C=O) groups is 1. The summed E-state index contributed by atoms with van der Waals surface area (Å²) in [5.41, 5.74) is 2.78. The molecule has 0 fully saturated rings. The van der Waals surface area contributed by atoms with Gasteiger partial charge in [-0.3, -0.25) is 4.79 Å². The van der Waals surface area contributed by atoms with Gasteiger partial charge in [0.1, 0.15) is 11.8 Å². The van der Waals surface area contributed by atoms with Crippen molar-refractivity contribution >= 4 is 23.5 Å². The standard InChI is InChI=1S/C22H28N4O2S/c1-3-5-13-28-18-12-7-6-9-15(18)20-19-16(10-8-11-17(19)27)23-21-24-22(25-26(20)21)29-14-4-2/h6-7,9,12,20H,3-5,8,10-11,13-14H2,1-2H3,(H,23,24,25). The van der Waals surface area contributed by atoms with Crippen LogP contribution in [-0.4, -0.2) is 32.9 Å². The van der Waals surface area contributed by atoms with E-state index in [2.05, 4.69) is 19.2 Å². The van der Waals surface area contributed by atoms with Crippen molar-refractivity contribution in [1.29, 1.82) is 0 Å². The minimum Gasteiger partial charge on any atom is -0.493 e. The molecule has 1 atom stereocenters. The average Bonchev–Trinajstić information content (AvgIpc) is 3.14. The molecule has 1 aliphatic heterocycles. The summed E-state index contributed by atoms with van der Waals surface area (Å²) in [6, 6.07) is 7.73. The molecule has 0 spiro atoms. The van der Waals surface area contributed by atoms with Gasteiger partial charge in [0, 0.05) is 29.0 Å². The monoisotopic (exact) mass is 412 g/mol. The Morgan fingerprint density at radius 2 is 2.10 bits per heavy atom. The number of ketones is 1. The minimum absolute atomic E-state index is 0.191. The normalized spacial score (nSPS) is 18.3. The van der Waals surface area contributed by atoms with Crippen LogP contribution in [0.15, 0.2) is 40.7 Å². The van der Waals surface area contributed by atoms with Crippen LogP contribution in [0.25, 0.3) is 0 Å². The Balaban J connectivity index is 1.78. The van der Waals surface area contributed by atoms with Crippen molar-refractivity contribution in [3.63, 3.8) is 0 Å². The van der Waals surface area contributed by atoms with E-state index in [1.165, 1.54) is 0 Å². The summed E-state index contributed by atoms with van der Waals surface area (Å²) < 4.78 is 7.99. The highest BCUT2D eigenvalue weighted by Crippen LogP contribution is 2.43. The third-order valence-corrected chi connectivity index (χ3v) is 6.30. The van der Waals surface area contributed by atoms with Crippen molar-refractivity contribution in [3.8, 4) is 5.75 Å². The van der Waals surface area contributed by atoms with E-state index in [9.17, 15) is 4.79 Å². The van der Waals surface area contributed by atoms with Gasteiger partial charge in [0.2, 0.25) is 11.1 Å². The van der Waals surface area contributed by atoms with Gasteiger partial charge in [0.05, 0.1) is 6.61 Å². The first kappa shape index (κ1) is 20.0. The molecule has 1 unspecified atom stereocenters. The molecule has 2 aliphatic rings. The SMILES string of the molecule is CCCCOc1ccccc1C1C2=C(CCCC2=O)Nc2nc(SCCC)nn21. The Labute approximate surface area is 176 Å². The number of thioether (sulfide) groups is 1. The molecule has 29 heavy (non-hydrogen) atoms. The van der Waals surface area contributed by atoms with Crippen molar-refractivity contribution in [2.45, 2.75) is 63.6 Å². The molecule has 0 saturated heterocycles. The number of nitrogens with one attached hydrogen (secondary N) is 1. The number of unbranched alkanes of at least 4 members (excludes halogenated alkanes) is 1. The summed E-state index contributed by atoms with van der Waals surface area (Å²) in [5, 5.41) is 8.91. The lowest BCUT2D eigenvalue weighted by molar-refractivity contribution is -0.116. The van der Waals surface area contributed by atoms with Crippen LogP contribution in [0.5, 0.6) is 5.75 Å². The van der Waals surface area contributed by atoms with Gasteiger partial charge in [-0.15, -0.1) is 5.10 Å². The van der Waals surface area contributed by atoms with E-state index >= 15 is 0 Å². The Bertz CT molecular complexity index is 921. The van der Waals surface area contributed by atoms with E-state index < -0.39 is 0 Å². The fourth-order valence-corrected chi connectivity index (χ4v) is 4.53. The first-order valence-corrected chi connectivity index (χ1v) is 11.6. The van der Waals surface area contributed by atoms with Gasteiger partial charge in [0.25, 0.3) is 0 Å². The number of anilines is 1. The third kappa shape index (κ3) is 4.06. The molecular formula is C22H28N4O2S. The number of para-hydroxylation sites is 1. The Morgan fingerprint density at radius 1 is 1.24 bits per heavy atom. The highest BCUT2D eigenvalue weighted by molar-refractivity contribution is 7.99. The van der Waals surface area contributed by atoms with Crippen LogP contribution >= 0.6 is 11.8 Å². The zero-order valence-electron chi connectivity index (χ0n) is 17.1. The van der Waals surface area contributed by atoms with Crippen molar-refractivity contribution in [1.82, 2.24) is 14.8 Å². The number of Topliss-reactive ketones (excluding diaryl/α,β-unsaturated/α-hetero) is 1. The highest BCUT2D eigenvalue weighted by atomic mass is 32.2.